The molecule has 1 aliphatic rings. The molecular weight excluding hydrogens is 186 g/mol. The molecular formula is C13H23NO. The van der Waals surface area contributed by atoms with Crippen molar-refractivity contribution in [1.82, 2.24) is 5.32 Å². The molecule has 0 saturated heterocycles. The average molecular weight is 209 g/mol. The highest BCUT2D eigenvalue weighted by molar-refractivity contribution is 5.31. The molecule has 2 heteroatoms. The smallest absolute Gasteiger partial charge is 0.139 e. The van der Waals surface area contributed by atoms with Crippen LogP contribution in [-0.4, -0.2) is 13.3 Å². The molecule has 0 bridgehead atoms. The van der Waals surface area contributed by atoms with E-state index in [1.165, 1.54) is 12.0 Å². The van der Waals surface area contributed by atoms with Crippen molar-refractivity contribution in [3.8, 4) is 0 Å². The SMILES string of the molecule is C/C=C\C1=C(/C=C\C)OCNC1.CCC. The van der Waals surface area contributed by atoms with Crippen LogP contribution in [0.1, 0.15) is 34.1 Å². The molecule has 1 aliphatic heterocycles. The van der Waals surface area contributed by atoms with Crippen LogP contribution in [0.3, 0.4) is 0 Å². The van der Waals surface area contributed by atoms with Crippen LogP contribution < -0.4 is 5.32 Å². The van der Waals surface area contributed by atoms with E-state index >= 15 is 0 Å². The second kappa shape index (κ2) is 9.53. The Bertz CT molecular complexity index is 215. The normalized spacial score (nSPS) is 16.5. The molecule has 0 amide bonds. The van der Waals surface area contributed by atoms with Crippen LogP contribution in [0, 0.1) is 0 Å². The minimum atomic E-state index is 0.612. The molecule has 0 aromatic carbocycles. The summed E-state index contributed by atoms with van der Waals surface area (Å²) in [6.07, 6.45) is 9.33. The highest BCUT2D eigenvalue weighted by atomic mass is 16.5. The molecule has 2 nitrogen and oxygen atoms in total. The Morgan fingerprint density at radius 2 is 1.80 bits per heavy atom. The maximum absolute atomic E-state index is 5.41. The monoisotopic (exact) mass is 209 g/mol. The highest BCUT2D eigenvalue weighted by Crippen LogP contribution is 2.12. The summed E-state index contributed by atoms with van der Waals surface area (Å²) in [5.74, 6) is 0.981. The Labute approximate surface area is 93.7 Å². The van der Waals surface area contributed by atoms with Gasteiger partial charge in [-0.05, 0) is 19.9 Å². The third kappa shape index (κ3) is 6.13. The van der Waals surface area contributed by atoms with Gasteiger partial charge >= 0.3 is 0 Å². The van der Waals surface area contributed by atoms with E-state index in [4.69, 9.17) is 4.74 Å². The van der Waals surface area contributed by atoms with E-state index in [1.807, 2.05) is 32.1 Å². The standard InChI is InChI=1S/C10H15NO.C3H8/c1-3-5-9-7-11-8-12-10(9)6-4-2;1-3-2/h3-6,11H,7-8H2,1-2H3;3H2,1-2H3/b5-3-,6-4-;. The van der Waals surface area contributed by atoms with Crippen molar-refractivity contribution in [2.45, 2.75) is 34.1 Å². The fraction of sp³-hybridized carbons (Fsp3) is 0.538. The molecule has 0 aromatic rings. The predicted molar refractivity (Wildman–Crippen MR) is 66.6 cm³/mol. The molecule has 86 valence electrons. The number of hydrogen-bond donors (Lipinski definition) is 1. The third-order valence-electron chi connectivity index (χ3n) is 1.65. The van der Waals surface area contributed by atoms with Crippen molar-refractivity contribution in [2.75, 3.05) is 13.3 Å². The summed E-state index contributed by atoms with van der Waals surface area (Å²) in [6.45, 7) is 9.76. The van der Waals surface area contributed by atoms with Crippen molar-refractivity contribution in [3.63, 3.8) is 0 Å². The van der Waals surface area contributed by atoms with Crippen molar-refractivity contribution in [2.24, 2.45) is 0 Å². The molecule has 0 fully saturated rings. The summed E-state index contributed by atoms with van der Waals surface area (Å²) in [7, 11) is 0. The highest BCUT2D eigenvalue weighted by Gasteiger charge is 2.07. The van der Waals surface area contributed by atoms with Gasteiger partial charge in [0.25, 0.3) is 0 Å². The molecule has 1 N–H and O–H groups in total. The van der Waals surface area contributed by atoms with Gasteiger partial charge in [0.1, 0.15) is 12.5 Å². The lowest BCUT2D eigenvalue weighted by atomic mass is 10.2. The Balaban J connectivity index is 0.000000583. The largest absolute Gasteiger partial charge is 0.478 e. The van der Waals surface area contributed by atoms with Gasteiger partial charge in [0.2, 0.25) is 0 Å². The average Bonchev–Trinajstić information content (AvgIpc) is 2.23. The van der Waals surface area contributed by atoms with E-state index < -0.39 is 0 Å². The summed E-state index contributed by atoms with van der Waals surface area (Å²) in [5.41, 5.74) is 1.21. The first-order valence-electron chi connectivity index (χ1n) is 5.62. The second-order valence-corrected chi connectivity index (χ2v) is 3.31. The molecule has 1 heterocycles. The van der Waals surface area contributed by atoms with E-state index in [0.29, 0.717) is 6.73 Å². The topological polar surface area (TPSA) is 21.3 Å². The number of hydrogen-bond acceptors (Lipinski definition) is 2. The Morgan fingerprint density at radius 3 is 2.33 bits per heavy atom. The molecule has 0 unspecified atom stereocenters. The summed E-state index contributed by atoms with van der Waals surface area (Å²) in [4.78, 5) is 0. The lowest BCUT2D eigenvalue weighted by Gasteiger charge is -2.18. The first-order valence-corrected chi connectivity index (χ1v) is 5.62. The minimum Gasteiger partial charge on any atom is -0.478 e. The van der Waals surface area contributed by atoms with Crippen LogP contribution >= 0.6 is 0 Å². The second-order valence-electron chi connectivity index (χ2n) is 3.31. The fourth-order valence-electron chi connectivity index (χ4n) is 1.14. The zero-order chi connectivity index (χ0) is 11.5. The third-order valence-corrected chi connectivity index (χ3v) is 1.65. The number of allylic oxidation sites excluding steroid dienone is 3. The number of nitrogens with one attached hydrogen (secondary N) is 1. The first kappa shape index (κ1) is 14.0. The van der Waals surface area contributed by atoms with Crippen LogP contribution in [0.25, 0.3) is 0 Å². The molecule has 0 aliphatic carbocycles. The fourth-order valence-corrected chi connectivity index (χ4v) is 1.14. The Kier molecular flexibility index (Phi) is 8.88. The Morgan fingerprint density at radius 1 is 1.20 bits per heavy atom. The van der Waals surface area contributed by atoms with Gasteiger partial charge in [-0.1, -0.05) is 38.5 Å². The van der Waals surface area contributed by atoms with Crippen molar-refractivity contribution < 1.29 is 4.74 Å². The van der Waals surface area contributed by atoms with E-state index in [2.05, 4.69) is 25.2 Å². The lowest BCUT2D eigenvalue weighted by Crippen LogP contribution is -2.25. The number of rotatable bonds is 2. The summed E-state index contributed by atoms with van der Waals surface area (Å²) in [5, 5.41) is 3.14. The summed E-state index contributed by atoms with van der Waals surface area (Å²) < 4.78 is 5.41. The van der Waals surface area contributed by atoms with Crippen molar-refractivity contribution in [3.05, 3.63) is 35.6 Å². The van der Waals surface area contributed by atoms with E-state index in [-0.39, 0.29) is 0 Å². The molecule has 1 rings (SSSR count). The quantitative estimate of drug-likeness (QED) is 0.752. The summed E-state index contributed by atoms with van der Waals surface area (Å²) in [6, 6.07) is 0. The van der Waals surface area contributed by atoms with Gasteiger partial charge in [-0.3, -0.25) is 5.32 Å². The molecule has 0 aromatic heterocycles. The van der Waals surface area contributed by atoms with Gasteiger partial charge in [-0.15, -0.1) is 0 Å². The maximum Gasteiger partial charge on any atom is 0.139 e. The van der Waals surface area contributed by atoms with Gasteiger partial charge in [0.05, 0.1) is 0 Å². The lowest BCUT2D eigenvalue weighted by molar-refractivity contribution is 0.184. The van der Waals surface area contributed by atoms with Gasteiger partial charge in [0, 0.05) is 12.1 Å². The van der Waals surface area contributed by atoms with Crippen molar-refractivity contribution in [1.29, 1.82) is 0 Å². The van der Waals surface area contributed by atoms with Gasteiger partial charge < -0.3 is 4.74 Å². The molecule has 0 radical (unpaired) electrons. The van der Waals surface area contributed by atoms with Crippen LogP contribution in [0.2, 0.25) is 0 Å². The van der Waals surface area contributed by atoms with Gasteiger partial charge in [-0.25, -0.2) is 0 Å². The van der Waals surface area contributed by atoms with Crippen LogP contribution in [0.5, 0.6) is 0 Å². The van der Waals surface area contributed by atoms with Gasteiger partial charge in [0.15, 0.2) is 0 Å². The Hall–Kier alpha value is -1.02. The first-order chi connectivity index (χ1) is 7.29. The van der Waals surface area contributed by atoms with Crippen molar-refractivity contribution >= 4 is 0 Å². The van der Waals surface area contributed by atoms with E-state index in [9.17, 15) is 0 Å². The van der Waals surface area contributed by atoms with Crippen LogP contribution in [0.4, 0.5) is 0 Å². The van der Waals surface area contributed by atoms with E-state index in [0.717, 1.165) is 12.3 Å². The number of ether oxygens (including phenoxy) is 1. The van der Waals surface area contributed by atoms with E-state index in [1.54, 1.807) is 0 Å². The van der Waals surface area contributed by atoms with Gasteiger partial charge in [-0.2, -0.15) is 0 Å². The maximum atomic E-state index is 5.41. The molecule has 0 saturated carbocycles. The molecule has 0 spiro atoms. The minimum absolute atomic E-state index is 0.612. The van der Waals surface area contributed by atoms with Crippen LogP contribution in [0.15, 0.2) is 35.6 Å². The molecule has 0 atom stereocenters. The summed E-state index contributed by atoms with van der Waals surface area (Å²) >= 11 is 0. The zero-order valence-electron chi connectivity index (χ0n) is 10.3. The zero-order valence-corrected chi connectivity index (χ0v) is 10.3. The predicted octanol–water partition coefficient (Wildman–Crippen LogP) is 3.39. The van der Waals surface area contributed by atoms with Crippen LogP contribution in [-0.2, 0) is 4.74 Å². The molecule has 15 heavy (non-hydrogen) atoms.